The van der Waals surface area contributed by atoms with Gasteiger partial charge in [-0.25, -0.2) is 12.7 Å². The molecule has 0 spiro atoms. The number of guanidine groups is 1. The molecule has 0 aliphatic carbocycles. The summed E-state index contributed by atoms with van der Waals surface area (Å²) in [7, 11) is 0.250. The minimum atomic E-state index is -3.12. The average molecular weight is 398 g/mol. The Morgan fingerprint density at radius 2 is 1.93 bits per heavy atom. The van der Waals surface area contributed by atoms with Crippen LogP contribution in [0.5, 0.6) is 5.75 Å². The molecule has 8 nitrogen and oxygen atoms in total. The molecule has 2 N–H and O–H groups in total. The van der Waals surface area contributed by atoms with Crippen LogP contribution in [0.1, 0.15) is 13.3 Å². The van der Waals surface area contributed by atoms with Crippen molar-refractivity contribution in [1.29, 1.82) is 0 Å². The van der Waals surface area contributed by atoms with Gasteiger partial charge in [0.05, 0.1) is 11.4 Å². The minimum Gasteiger partial charge on any atom is -0.506 e. The molecule has 0 bridgehead atoms. The van der Waals surface area contributed by atoms with E-state index in [0.29, 0.717) is 25.3 Å². The highest BCUT2D eigenvalue weighted by Gasteiger charge is 2.21. The second-order valence-corrected chi connectivity index (χ2v) is 8.88. The van der Waals surface area contributed by atoms with Gasteiger partial charge in [-0.2, -0.15) is 0 Å². The van der Waals surface area contributed by atoms with Crippen molar-refractivity contribution in [3.8, 4) is 5.75 Å². The predicted molar refractivity (Wildman–Crippen MR) is 110 cm³/mol. The van der Waals surface area contributed by atoms with E-state index in [1.807, 2.05) is 18.2 Å². The lowest BCUT2D eigenvalue weighted by Crippen LogP contribution is -2.52. The van der Waals surface area contributed by atoms with E-state index >= 15 is 0 Å². The van der Waals surface area contributed by atoms with Crippen molar-refractivity contribution in [3.05, 3.63) is 24.3 Å². The monoisotopic (exact) mass is 397 g/mol. The molecule has 0 aromatic heterocycles. The number of phenolic OH excluding ortho intramolecular Hbond substituents is 1. The molecule has 1 heterocycles. The maximum Gasteiger partial charge on any atom is 0.213 e. The number of hydrogen-bond donors (Lipinski definition) is 2. The third kappa shape index (κ3) is 5.74. The van der Waals surface area contributed by atoms with Crippen LogP contribution >= 0.6 is 0 Å². The number of phenols is 1. The molecular weight excluding hydrogens is 366 g/mol. The van der Waals surface area contributed by atoms with Gasteiger partial charge in [0.1, 0.15) is 5.75 Å². The van der Waals surface area contributed by atoms with E-state index in [2.05, 4.69) is 20.1 Å². The van der Waals surface area contributed by atoms with Crippen LogP contribution in [0, 0.1) is 0 Å². The molecule has 0 unspecified atom stereocenters. The number of nitrogens with one attached hydrogen (secondary N) is 1. The highest BCUT2D eigenvalue weighted by atomic mass is 32.2. The van der Waals surface area contributed by atoms with Crippen molar-refractivity contribution in [2.45, 2.75) is 13.3 Å². The molecule has 9 heteroatoms. The molecule has 1 fully saturated rings. The second kappa shape index (κ2) is 9.80. The summed E-state index contributed by atoms with van der Waals surface area (Å²) in [6.07, 6.45) is 0.715. The molecule has 152 valence electrons. The van der Waals surface area contributed by atoms with Crippen molar-refractivity contribution >= 4 is 21.7 Å². The summed E-state index contributed by atoms with van der Waals surface area (Å²) in [6.45, 7) is 6.01. The predicted octanol–water partition coefficient (Wildman–Crippen LogP) is 0.761. The molecule has 0 saturated carbocycles. The number of nitrogens with zero attached hydrogens (tertiary/aromatic N) is 4. The fraction of sp³-hybridized carbons (Fsp3) is 0.611. The van der Waals surface area contributed by atoms with Crippen LogP contribution in [0.15, 0.2) is 29.3 Å². The Balaban J connectivity index is 1.78. The third-order valence-corrected chi connectivity index (χ3v) is 6.65. The molecule has 0 atom stereocenters. The smallest absolute Gasteiger partial charge is 0.213 e. The standard InChI is InChI=1S/C18H31N5O3S/c1-4-27(25,26)21(3)11-7-10-20-18(19-2)23-14-12-22(13-15-23)16-8-5-6-9-17(16)24/h5-6,8-9,24H,4,7,10-15H2,1-3H3,(H,19,20). The Morgan fingerprint density at radius 3 is 2.52 bits per heavy atom. The zero-order valence-corrected chi connectivity index (χ0v) is 17.2. The van der Waals surface area contributed by atoms with E-state index in [1.54, 1.807) is 27.1 Å². The molecule has 0 amide bonds. The van der Waals surface area contributed by atoms with Crippen LogP contribution in [0.2, 0.25) is 0 Å². The van der Waals surface area contributed by atoms with E-state index in [9.17, 15) is 13.5 Å². The van der Waals surface area contributed by atoms with Crippen LogP contribution in [-0.2, 0) is 10.0 Å². The van der Waals surface area contributed by atoms with Crippen LogP contribution in [0.3, 0.4) is 0 Å². The van der Waals surface area contributed by atoms with Crippen LogP contribution in [0.25, 0.3) is 0 Å². The SMILES string of the molecule is CCS(=O)(=O)N(C)CCCNC(=NC)N1CCN(c2ccccc2O)CC1. The molecule has 1 saturated heterocycles. The van der Waals surface area contributed by atoms with E-state index in [1.165, 1.54) is 4.31 Å². The molecule has 1 aliphatic rings. The van der Waals surface area contributed by atoms with Gasteiger partial charge < -0.3 is 20.2 Å². The summed E-state index contributed by atoms with van der Waals surface area (Å²) >= 11 is 0. The summed E-state index contributed by atoms with van der Waals surface area (Å²) < 4.78 is 24.9. The lowest BCUT2D eigenvalue weighted by Gasteiger charge is -2.37. The lowest BCUT2D eigenvalue weighted by molar-refractivity contribution is 0.368. The van der Waals surface area contributed by atoms with E-state index in [4.69, 9.17) is 0 Å². The Kier molecular flexibility index (Phi) is 7.73. The summed E-state index contributed by atoms with van der Waals surface area (Å²) in [4.78, 5) is 8.69. The van der Waals surface area contributed by atoms with Gasteiger partial charge in [0.15, 0.2) is 5.96 Å². The maximum atomic E-state index is 11.8. The Morgan fingerprint density at radius 1 is 1.26 bits per heavy atom. The largest absolute Gasteiger partial charge is 0.506 e. The molecule has 1 aromatic rings. The molecular formula is C18H31N5O3S. The number of anilines is 1. The van der Waals surface area contributed by atoms with Gasteiger partial charge in [0, 0.05) is 53.4 Å². The lowest BCUT2D eigenvalue weighted by atomic mass is 10.2. The van der Waals surface area contributed by atoms with Gasteiger partial charge in [-0.1, -0.05) is 12.1 Å². The fourth-order valence-corrected chi connectivity index (χ4v) is 3.93. The van der Waals surface area contributed by atoms with Crippen molar-refractivity contribution in [1.82, 2.24) is 14.5 Å². The molecule has 1 aromatic carbocycles. The van der Waals surface area contributed by atoms with Gasteiger partial charge >= 0.3 is 0 Å². The number of para-hydroxylation sites is 2. The third-order valence-electron chi connectivity index (χ3n) is 4.79. The van der Waals surface area contributed by atoms with Crippen LogP contribution in [0.4, 0.5) is 5.69 Å². The summed E-state index contributed by atoms with van der Waals surface area (Å²) in [5.41, 5.74) is 0.861. The number of rotatable bonds is 7. The van der Waals surface area contributed by atoms with Crippen LogP contribution in [-0.4, -0.2) is 87.8 Å². The maximum absolute atomic E-state index is 11.8. The van der Waals surface area contributed by atoms with Gasteiger partial charge in [-0.3, -0.25) is 4.99 Å². The normalized spacial score (nSPS) is 16.1. The quantitative estimate of drug-likeness (QED) is 0.401. The number of benzene rings is 1. The second-order valence-electron chi connectivity index (χ2n) is 6.51. The van der Waals surface area contributed by atoms with Gasteiger partial charge in [-0.15, -0.1) is 0 Å². The summed E-state index contributed by atoms with van der Waals surface area (Å²) in [5.74, 6) is 1.26. The molecule has 27 heavy (non-hydrogen) atoms. The van der Waals surface area contributed by atoms with Gasteiger partial charge in [-0.05, 0) is 25.5 Å². The van der Waals surface area contributed by atoms with Crippen molar-refractivity contribution in [2.75, 3.05) is 64.0 Å². The Bertz CT molecular complexity index is 730. The zero-order valence-electron chi connectivity index (χ0n) is 16.4. The fourth-order valence-electron chi connectivity index (χ4n) is 3.08. The first-order chi connectivity index (χ1) is 12.9. The molecule has 2 rings (SSSR count). The first-order valence-corrected chi connectivity index (χ1v) is 10.9. The van der Waals surface area contributed by atoms with Gasteiger partial charge in [0.2, 0.25) is 10.0 Å². The first-order valence-electron chi connectivity index (χ1n) is 9.31. The molecule has 1 aliphatic heterocycles. The topological polar surface area (TPSA) is 88.5 Å². The Hall–Kier alpha value is -2.00. The summed E-state index contributed by atoms with van der Waals surface area (Å²) in [5, 5.41) is 13.3. The minimum absolute atomic E-state index is 0.125. The number of hydrogen-bond acceptors (Lipinski definition) is 5. The average Bonchev–Trinajstić information content (AvgIpc) is 2.68. The Labute approximate surface area is 162 Å². The first kappa shape index (κ1) is 21.3. The zero-order chi connectivity index (χ0) is 19.9. The highest BCUT2D eigenvalue weighted by molar-refractivity contribution is 7.89. The van der Waals surface area contributed by atoms with Crippen molar-refractivity contribution < 1.29 is 13.5 Å². The number of aromatic hydroxyl groups is 1. The number of sulfonamides is 1. The van der Waals surface area contributed by atoms with E-state index in [-0.39, 0.29) is 5.75 Å². The van der Waals surface area contributed by atoms with Crippen molar-refractivity contribution in [2.24, 2.45) is 4.99 Å². The van der Waals surface area contributed by atoms with Crippen LogP contribution < -0.4 is 10.2 Å². The van der Waals surface area contributed by atoms with Crippen molar-refractivity contribution in [3.63, 3.8) is 0 Å². The van der Waals surface area contributed by atoms with E-state index in [0.717, 1.165) is 37.8 Å². The molecule has 0 radical (unpaired) electrons. The number of aliphatic imine (C=N–C) groups is 1. The number of piperazine rings is 1. The van der Waals surface area contributed by atoms with E-state index < -0.39 is 10.0 Å². The summed E-state index contributed by atoms with van der Waals surface area (Å²) in [6, 6.07) is 7.39. The highest BCUT2D eigenvalue weighted by Crippen LogP contribution is 2.27. The van der Waals surface area contributed by atoms with Gasteiger partial charge in [0.25, 0.3) is 0 Å².